The average Bonchev–Trinajstić information content (AvgIpc) is 2.63. The van der Waals surface area contributed by atoms with Gasteiger partial charge in [0, 0.05) is 18.0 Å². The quantitative estimate of drug-likeness (QED) is 0.835. The second-order valence-electron chi connectivity index (χ2n) is 3.47. The summed E-state index contributed by atoms with van der Waals surface area (Å²) < 4.78 is 0. The number of hydrogen-bond acceptors (Lipinski definition) is 5. The highest BCUT2D eigenvalue weighted by Gasteiger charge is 2.12. The van der Waals surface area contributed by atoms with E-state index in [0.717, 1.165) is 5.01 Å². The Labute approximate surface area is 101 Å². The maximum atomic E-state index is 11.8. The maximum absolute atomic E-state index is 11.8. The molecule has 0 aliphatic rings. The summed E-state index contributed by atoms with van der Waals surface area (Å²) >= 11 is 1.25. The molecular formula is C10H10N4O2S. The molecular weight excluding hydrogens is 240 g/mol. The number of nitrogens with one attached hydrogen (secondary N) is 2. The lowest BCUT2D eigenvalue weighted by Crippen LogP contribution is -2.21. The standard InChI is InChI=1S/C10H10N4O2S/c1-5-3-8(15)7(4-11-5)9(16)12-10-14-13-6(2)17-10/h3-4H,1-2H3,(H,11,15)(H,12,14,16). The first kappa shape index (κ1) is 11.5. The van der Waals surface area contributed by atoms with Gasteiger partial charge in [-0.05, 0) is 13.8 Å². The van der Waals surface area contributed by atoms with Crippen LogP contribution in [-0.2, 0) is 0 Å². The molecule has 0 fully saturated rings. The normalized spacial score (nSPS) is 10.2. The molecule has 0 spiro atoms. The minimum Gasteiger partial charge on any atom is -0.364 e. The van der Waals surface area contributed by atoms with Crippen LogP contribution in [0.3, 0.4) is 0 Å². The van der Waals surface area contributed by atoms with Crippen molar-refractivity contribution in [1.29, 1.82) is 0 Å². The Balaban J connectivity index is 2.23. The predicted molar refractivity (Wildman–Crippen MR) is 64.4 cm³/mol. The van der Waals surface area contributed by atoms with Crippen LogP contribution < -0.4 is 10.7 Å². The Morgan fingerprint density at radius 1 is 1.41 bits per heavy atom. The van der Waals surface area contributed by atoms with Gasteiger partial charge in [0.2, 0.25) is 5.13 Å². The number of nitrogens with zero attached hydrogens (tertiary/aromatic N) is 2. The molecule has 0 saturated heterocycles. The molecule has 0 unspecified atom stereocenters. The van der Waals surface area contributed by atoms with E-state index < -0.39 is 5.91 Å². The number of carbonyl (C=O) groups excluding carboxylic acids is 1. The van der Waals surface area contributed by atoms with Crippen LogP contribution in [0, 0.1) is 13.8 Å². The number of anilines is 1. The predicted octanol–water partition coefficient (Wildman–Crippen LogP) is 1.10. The van der Waals surface area contributed by atoms with Gasteiger partial charge in [-0.2, -0.15) is 0 Å². The van der Waals surface area contributed by atoms with Gasteiger partial charge in [-0.15, -0.1) is 10.2 Å². The van der Waals surface area contributed by atoms with Crippen LogP contribution in [0.25, 0.3) is 0 Å². The lowest BCUT2D eigenvalue weighted by Gasteiger charge is -2.00. The first-order chi connectivity index (χ1) is 8.06. The fraction of sp³-hybridized carbons (Fsp3) is 0.200. The van der Waals surface area contributed by atoms with E-state index >= 15 is 0 Å². The van der Waals surface area contributed by atoms with E-state index in [0.29, 0.717) is 10.8 Å². The molecule has 0 saturated carbocycles. The maximum Gasteiger partial charge on any atom is 0.262 e. The largest absolute Gasteiger partial charge is 0.364 e. The fourth-order valence-electron chi connectivity index (χ4n) is 1.26. The number of pyridine rings is 1. The summed E-state index contributed by atoms with van der Waals surface area (Å²) in [5.41, 5.74) is 0.446. The van der Waals surface area contributed by atoms with Crippen LogP contribution in [0.1, 0.15) is 21.1 Å². The molecule has 1 amide bonds. The molecule has 0 bridgehead atoms. The first-order valence-corrected chi connectivity index (χ1v) is 5.68. The SMILES string of the molecule is Cc1cc(=O)c(C(=O)Nc2nnc(C)s2)c[nH]1. The Morgan fingerprint density at radius 3 is 2.76 bits per heavy atom. The summed E-state index contributed by atoms with van der Waals surface area (Å²) in [5, 5.41) is 11.2. The van der Waals surface area contributed by atoms with Gasteiger partial charge < -0.3 is 4.98 Å². The van der Waals surface area contributed by atoms with E-state index in [-0.39, 0.29) is 11.0 Å². The van der Waals surface area contributed by atoms with Crippen molar-refractivity contribution in [2.45, 2.75) is 13.8 Å². The number of aromatic amines is 1. The number of amides is 1. The summed E-state index contributed by atoms with van der Waals surface area (Å²) in [4.78, 5) is 26.1. The molecule has 7 heteroatoms. The number of aryl methyl sites for hydroxylation is 2. The average molecular weight is 250 g/mol. The summed E-state index contributed by atoms with van der Waals surface area (Å²) in [6, 6.07) is 1.38. The topological polar surface area (TPSA) is 87.7 Å². The zero-order valence-electron chi connectivity index (χ0n) is 9.27. The van der Waals surface area contributed by atoms with Crippen molar-refractivity contribution >= 4 is 22.4 Å². The summed E-state index contributed by atoms with van der Waals surface area (Å²) in [5.74, 6) is -0.484. The number of aromatic nitrogens is 3. The molecule has 0 aliphatic heterocycles. The van der Waals surface area contributed by atoms with Crippen molar-refractivity contribution in [3.8, 4) is 0 Å². The zero-order chi connectivity index (χ0) is 12.4. The van der Waals surface area contributed by atoms with Gasteiger partial charge in [-0.3, -0.25) is 14.9 Å². The Hall–Kier alpha value is -2.02. The molecule has 88 valence electrons. The number of carbonyl (C=O) groups is 1. The molecule has 2 rings (SSSR count). The van der Waals surface area contributed by atoms with Crippen LogP contribution in [0.2, 0.25) is 0 Å². The summed E-state index contributed by atoms with van der Waals surface area (Å²) in [7, 11) is 0. The molecule has 2 aromatic heterocycles. The van der Waals surface area contributed by atoms with Gasteiger partial charge in [0.25, 0.3) is 5.91 Å². The number of hydrogen-bond donors (Lipinski definition) is 2. The Kier molecular flexibility index (Phi) is 3.01. The smallest absolute Gasteiger partial charge is 0.262 e. The summed E-state index contributed by atoms with van der Waals surface area (Å²) in [6.45, 7) is 3.53. The second-order valence-corrected chi connectivity index (χ2v) is 4.66. The van der Waals surface area contributed by atoms with Crippen molar-refractivity contribution in [1.82, 2.24) is 15.2 Å². The van der Waals surface area contributed by atoms with Crippen LogP contribution in [0.15, 0.2) is 17.1 Å². The van der Waals surface area contributed by atoms with Crippen molar-refractivity contribution in [3.63, 3.8) is 0 Å². The number of rotatable bonds is 2. The molecule has 0 atom stereocenters. The number of H-pyrrole nitrogens is 1. The third kappa shape index (κ3) is 2.56. The third-order valence-corrected chi connectivity index (χ3v) is 2.80. The van der Waals surface area contributed by atoms with E-state index in [1.54, 1.807) is 13.8 Å². The van der Waals surface area contributed by atoms with E-state index in [4.69, 9.17) is 0 Å². The molecule has 0 radical (unpaired) electrons. The minimum absolute atomic E-state index is 0.0588. The van der Waals surface area contributed by atoms with E-state index in [1.807, 2.05) is 0 Å². The highest BCUT2D eigenvalue weighted by atomic mass is 32.1. The Bertz CT molecular complexity index is 617. The summed E-state index contributed by atoms with van der Waals surface area (Å²) in [6.07, 6.45) is 1.39. The molecule has 17 heavy (non-hydrogen) atoms. The van der Waals surface area contributed by atoms with Crippen LogP contribution in [0.4, 0.5) is 5.13 Å². The van der Waals surface area contributed by atoms with Gasteiger partial charge in [-0.25, -0.2) is 0 Å². The third-order valence-electron chi connectivity index (χ3n) is 2.05. The molecule has 0 aliphatic carbocycles. The monoisotopic (exact) mass is 250 g/mol. The molecule has 2 heterocycles. The van der Waals surface area contributed by atoms with Gasteiger partial charge >= 0.3 is 0 Å². The van der Waals surface area contributed by atoms with Gasteiger partial charge in [0.1, 0.15) is 10.6 Å². The van der Waals surface area contributed by atoms with Gasteiger partial charge in [0.15, 0.2) is 5.43 Å². The van der Waals surface area contributed by atoms with E-state index in [1.165, 1.54) is 23.6 Å². The zero-order valence-corrected chi connectivity index (χ0v) is 10.1. The van der Waals surface area contributed by atoms with Crippen molar-refractivity contribution in [3.05, 3.63) is 38.8 Å². The molecule has 2 N–H and O–H groups in total. The first-order valence-electron chi connectivity index (χ1n) is 4.87. The van der Waals surface area contributed by atoms with E-state index in [9.17, 15) is 9.59 Å². The molecule has 0 aromatic carbocycles. The fourth-order valence-corrected chi connectivity index (χ4v) is 1.85. The highest BCUT2D eigenvalue weighted by molar-refractivity contribution is 7.15. The van der Waals surface area contributed by atoms with Gasteiger partial charge in [0.05, 0.1) is 0 Å². The molecule has 6 nitrogen and oxygen atoms in total. The van der Waals surface area contributed by atoms with Crippen LogP contribution in [-0.4, -0.2) is 21.1 Å². The van der Waals surface area contributed by atoms with Crippen molar-refractivity contribution in [2.75, 3.05) is 5.32 Å². The van der Waals surface area contributed by atoms with Crippen molar-refractivity contribution in [2.24, 2.45) is 0 Å². The Morgan fingerprint density at radius 2 is 2.18 bits per heavy atom. The van der Waals surface area contributed by atoms with Gasteiger partial charge in [-0.1, -0.05) is 11.3 Å². The highest BCUT2D eigenvalue weighted by Crippen LogP contribution is 2.14. The second kappa shape index (κ2) is 4.46. The van der Waals surface area contributed by atoms with E-state index in [2.05, 4.69) is 20.5 Å². The van der Waals surface area contributed by atoms with Crippen LogP contribution >= 0.6 is 11.3 Å². The molecule has 2 aromatic rings. The van der Waals surface area contributed by atoms with Crippen LogP contribution in [0.5, 0.6) is 0 Å². The minimum atomic E-state index is -0.484. The van der Waals surface area contributed by atoms with Crippen molar-refractivity contribution < 1.29 is 4.79 Å². The lowest BCUT2D eigenvalue weighted by molar-refractivity contribution is 0.102. The lowest BCUT2D eigenvalue weighted by atomic mass is 10.2.